The monoisotopic (exact) mass is 315 g/mol. The molecule has 4 rings (SSSR count). The maximum absolute atomic E-state index is 12.2. The number of likely N-dealkylation sites (tertiary alicyclic amines) is 1. The van der Waals surface area contributed by atoms with E-state index in [-0.39, 0.29) is 5.56 Å². The first-order chi connectivity index (χ1) is 11.1. The second-order valence-electron chi connectivity index (χ2n) is 7.29. The topological polar surface area (TPSA) is 66.8 Å². The number of nitrogens with one attached hydrogen (secondary N) is 1. The molecule has 0 amide bonds. The van der Waals surface area contributed by atoms with Crippen molar-refractivity contribution < 1.29 is 0 Å². The molecule has 2 aromatic rings. The summed E-state index contributed by atoms with van der Waals surface area (Å²) in [7, 11) is 1.83. The van der Waals surface area contributed by atoms with Gasteiger partial charge in [0.15, 0.2) is 5.65 Å². The molecule has 1 saturated carbocycles. The van der Waals surface area contributed by atoms with Gasteiger partial charge in [-0.2, -0.15) is 5.10 Å². The van der Waals surface area contributed by atoms with Crippen LogP contribution < -0.4 is 5.56 Å². The van der Waals surface area contributed by atoms with Gasteiger partial charge >= 0.3 is 0 Å². The molecule has 0 bridgehead atoms. The van der Waals surface area contributed by atoms with E-state index < -0.39 is 0 Å². The molecule has 0 aromatic carbocycles. The quantitative estimate of drug-likeness (QED) is 0.921. The van der Waals surface area contributed by atoms with Crippen molar-refractivity contribution in [3.8, 4) is 0 Å². The first-order valence-electron chi connectivity index (χ1n) is 8.78. The fraction of sp³-hybridized carbons (Fsp3) is 0.706. The summed E-state index contributed by atoms with van der Waals surface area (Å²) in [5.41, 5.74) is 0.595. The maximum atomic E-state index is 12.2. The van der Waals surface area contributed by atoms with Crippen molar-refractivity contribution in [1.82, 2.24) is 24.6 Å². The zero-order valence-corrected chi connectivity index (χ0v) is 14.0. The molecule has 23 heavy (non-hydrogen) atoms. The van der Waals surface area contributed by atoms with Crippen LogP contribution in [0.3, 0.4) is 0 Å². The molecule has 2 aliphatic rings. The van der Waals surface area contributed by atoms with Crippen LogP contribution in [0.2, 0.25) is 0 Å². The molecule has 1 aliphatic carbocycles. The molecule has 124 valence electrons. The van der Waals surface area contributed by atoms with Gasteiger partial charge in [-0.15, -0.1) is 0 Å². The Kier molecular flexibility index (Phi) is 3.71. The molecule has 3 heterocycles. The van der Waals surface area contributed by atoms with Crippen LogP contribution >= 0.6 is 0 Å². The molecular weight excluding hydrogens is 290 g/mol. The Morgan fingerprint density at radius 3 is 3.00 bits per heavy atom. The van der Waals surface area contributed by atoms with E-state index >= 15 is 0 Å². The van der Waals surface area contributed by atoms with Crippen molar-refractivity contribution in [3.05, 3.63) is 22.4 Å². The van der Waals surface area contributed by atoms with Crippen molar-refractivity contribution in [3.63, 3.8) is 0 Å². The molecule has 2 aromatic heterocycles. The molecule has 6 heteroatoms. The van der Waals surface area contributed by atoms with Crippen LogP contribution in [0.5, 0.6) is 0 Å². The third kappa shape index (κ3) is 2.59. The van der Waals surface area contributed by atoms with E-state index in [1.54, 1.807) is 10.9 Å². The highest BCUT2D eigenvalue weighted by Crippen LogP contribution is 2.38. The van der Waals surface area contributed by atoms with Gasteiger partial charge in [-0.3, -0.25) is 14.4 Å². The van der Waals surface area contributed by atoms with Crippen molar-refractivity contribution in [2.75, 3.05) is 6.54 Å². The van der Waals surface area contributed by atoms with Gasteiger partial charge in [0.25, 0.3) is 5.56 Å². The van der Waals surface area contributed by atoms with Crippen LogP contribution in [0.1, 0.15) is 44.9 Å². The Morgan fingerprint density at radius 2 is 2.13 bits per heavy atom. The Balaban J connectivity index is 1.64. The summed E-state index contributed by atoms with van der Waals surface area (Å²) in [6.07, 6.45) is 8.25. The lowest BCUT2D eigenvalue weighted by atomic mass is 9.73. The highest BCUT2D eigenvalue weighted by Gasteiger charge is 2.37. The van der Waals surface area contributed by atoms with Crippen molar-refractivity contribution in [1.29, 1.82) is 0 Å². The standard InChI is InChI=1S/C17H25N5O/c1-11-5-3-6-12-7-4-8-22(15(11)12)10-14-19-16-13(17(23)20-14)9-18-21(16)2/h9,11-12,15H,3-8,10H2,1-2H3,(H,19,20,23). The van der Waals surface area contributed by atoms with Gasteiger partial charge in [-0.05, 0) is 44.1 Å². The normalized spacial score (nSPS) is 28.9. The van der Waals surface area contributed by atoms with Crippen LogP contribution in [0.15, 0.2) is 11.0 Å². The third-order valence-corrected chi connectivity index (χ3v) is 5.75. The summed E-state index contributed by atoms with van der Waals surface area (Å²) in [4.78, 5) is 22.4. The number of H-pyrrole nitrogens is 1. The molecule has 2 fully saturated rings. The second-order valence-corrected chi connectivity index (χ2v) is 7.29. The number of hydrogen-bond acceptors (Lipinski definition) is 4. The molecule has 3 unspecified atom stereocenters. The van der Waals surface area contributed by atoms with Crippen LogP contribution in [0.4, 0.5) is 0 Å². The van der Waals surface area contributed by atoms with Crippen molar-refractivity contribution >= 4 is 11.0 Å². The van der Waals surface area contributed by atoms with E-state index in [2.05, 4.69) is 26.9 Å². The first kappa shape index (κ1) is 14.9. The molecule has 1 saturated heterocycles. The zero-order valence-electron chi connectivity index (χ0n) is 14.0. The van der Waals surface area contributed by atoms with Gasteiger partial charge in [0.1, 0.15) is 11.2 Å². The summed E-state index contributed by atoms with van der Waals surface area (Å²) < 4.78 is 1.68. The number of fused-ring (bicyclic) bond motifs is 2. The molecule has 6 nitrogen and oxygen atoms in total. The second kappa shape index (κ2) is 5.74. The van der Waals surface area contributed by atoms with Gasteiger partial charge in [0.2, 0.25) is 0 Å². The molecular formula is C17H25N5O. The minimum absolute atomic E-state index is 0.0802. The number of aromatic amines is 1. The van der Waals surface area contributed by atoms with Crippen LogP contribution in [0, 0.1) is 11.8 Å². The minimum Gasteiger partial charge on any atom is -0.309 e. The number of piperidine rings is 1. The van der Waals surface area contributed by atoms with Crippen LogP contribution in [-0.4, -0.2) is 37.2 Å². The predicted octanol–water partition coefficient (Wildman–Crippen LogP) is 2.06. The predicted molar refractivity (Wildman–Crippen MR) is 89.1 cm³/mol. The Labute approximate surface area is 135 Å². The number of rotatable bonds is 2. The average Bonchev–Trinajstić information content (AvgIpc) is 2.90. The van der Waals surface area contributed by atoms with E-state index in [0.717, 1.165) is 30.7 Å². The highest BCUT2D eigenvalue weighted by atomic mass is 16.1. The Bertz CT molecular complexity index is 762. The number of hydrogen-bond donors (Lipinski definition) is 1. The lowest BCUT2D eigenvalue weighted by Gasteiger charge is -2.47. The highest BCUT2D eigenvalue weighted by molar-refractivity contribution is 5.72. The van der Waals surface area contributed by atoms with E-state index in [0.29, 0.717) is 17.1 Å². The lowest BCUT2D eigenvalue weighted by molar-refractivity contribution is 0.0179. The lowest BCUT2D eigenvalue weighted by Crippen LogP contribution is -2.50. The number of nitrogens with zero attached hydrogens (tertiary/aromatic N) is 4. The van der Waals surface area contributed by atoms with Gasteiger partial charge < -0.3 is 4.98 Å². The SMILES string of the molecule is CC1CCCC2CCCN(Cc3nc4c(cnn4C)c(=O)[nH]3)C12. The van der Waals surface area contributed by atoms with E-state index in [4.69, 9.17) is 0 Å². The van der Waals surface area contributed by atoms with Gasteiger partial charge in [0, 0.05) is 13.1 Å². The fourth-order valence-electron chi connectivity index (χ4n) is 4.72. The number of aromatic nitrogens is 4. The summed E-state index contributed by atoms with van der Waals surface area (Å²) in [5, 5.41) is 4.71. The third-order valence-electron chi connectivity index (χ3n) is 5.75. The largest absolute Gasteiger partial charge is 0.309 e. The zero-order chi connectivity index (χ0) is 16.0. The molecule has 1 aliphatic heterocycles. The van der Waals surface area contributed by atoms with Crippen molar-refractivity contribution in [2.45, 2.75) is 51.6 Å². The minimum atomic E-state index is -0.0802. The van der Waals surface area contributed by atoms with Crippen LogP contribution in [-0.2, 0) is 13.6 Å². The molecule has 0 radical (unpaired) electrons. The van der Waals surface area contributed by atoms with E-state index in [1.165, 1.54) is 32.1 Å². The molecule has 3 atom stereocenters. The summed E-state index contributed by atoms with van der Waals surface area (Å²) in [5.74, 6) is 2.32. The van der Waals surface area contributed by atoms with Crippen molar-refractivity contribution in [2.24, 2.45) is 18.9 Å². The molecule has 1 N–H and O–H groups in total. The Morgan fingerprint density at radius 1 is 1.30 bits per heavy atom. The number of aryl methyl sites for hydroxylation is 1. The first-order valence-corrected chi connectivity index (χ1v) is 8.78. The van der Waals surface area contributed by atoms with Gasteiger partial charge in [0.05, 0.1) is 12.7 Å². The smallest absolute Gasteiger partial charge is 0.262 e. The summed E-state index contributed by atoms with van der Waals surface area (Å²) >= 11 is 0. The van der Waals surface area contributed by atoms with E-state index in [9.17, 15) is 4.79 Å². The maximum Gasteiger partial charge on any atom is 0.262 e. The molecule has 0 spiro atoms. The average molecular weight is 315 g/mol. The Hall–Kier alpha value is -1.69. The summed E-state index contributed by atoms with van der Waals surface area (Å²) in [6.45, 7) is 4.23. The van der Waals surface area contributed by atoms with E-state index in [1.807, 2.05) is 7.05 Å². The van der Waals surface area contributed by atoms with Gasteiger partial charge in [-0.25, -0.2) is 4.98 Å². The summed E-state index contributed by atoms with van der Waals surface area (Å²) in [6, 6.07) is 0.644. The fourth-order valence-corrected chi connectivity index (χ4v) is 4.72. The van der Waals surface area contributed by atoms with Crippen LogP contribution in [0.25, 0.3) is 11.0 Å². The van der Waals surface area contributed by atoms with Gasteiger partial charge in [-0.1, -0.05) is 13.3 Å².